The van der Waals surface area contributed by atoms with Crippen molar-refractivity contribution < 1.29 is 9.53 Å². The molecule has 1 fully saturated rings. The lowest BCUT2D eigenvalue weighted by atomic mass is 9.91. The first kappa shape index (κ1) is 15.4. The first-order valence-electron chi connectivity index (χ1n) is 7.51. The quantitative estimate of drug-likeness (QED) is 0.567. The molecule has 2 unspecified atom stereocenters. The number of ketones is 1. The van der Waals surface area contributed by atoms with E-state index in [1.54, 1.807) is 6.92 Å². The van der Waals surface area contributed by atoms with E-state index in [4.69, 9.17) is 4.74 Å². The standard InChI is InChI=1S/C17H24O2S/c1-13-6-5-7-15(12-13)20-11-10-19-17-9-4-3-8-16(17)14(2)18/h3-4,8-9,13,15H,5-7,10-12H2,1-2H3. The van der Waals surface area contributed by atoms with Crippen molar-refractivity contribution in [1.29, 1.82) is 0 Å². The molecular formula is C17H24O2S. The highest BCUT2D eigenvalue weighted by Gasteiger charge is 2.18. The Morgan fingerprint density at radius 2 is 2.15 bits per heavy atom. The number of hydrogen-bond acceptors (Lipinski definition) is 3. The molecule has 0 radical (unpaired) electrons. The third-order valence-corrected chi connectivity index (χ3v) is 5.15. The van der Waals surface area contributed by atoms with E-state index in [0.29, 0.717) is 12.2 Å². The van der Waals surface area contributed by atoms with Gasteiger partial charge in [-0.1, -0.05) is 31.9 Å². The van der Waals surface area contributed by atoms with Crippen molar-refractivity contribution in [3.05, 3.63) is 29.8 Å². The van der Waals surface area contributed by atoms with Crippen LogP contribution in [-0.2, 0) is 0 Å². The molecule has 1 aromatic rings. The fourth-order valence-corrected chi connectivity index (χ4v) is 4.09. The Bertz CT molecular complexity index is 444. The topological polar surface area (TPSA) is 26.3 Å². The molecule has 20 heavy (non-hydrogen) atoms. The first-order chi connectivity index (χ1) is 9.66. The molecule has 0 amide bonds. The van der Waals surface area contributed by atoms with Gasteiger partial charge in [-0.15, -0.1) is 0 Å². The summed E-state index contributed by atoms with van der Waals surface area (Å²) >= 11 is 2.02. The number of carbonyl (C=O) groups excluding carboxylic acids is 1. The maximum atomic E-state index is 11.5. The number of carbonyl (C=O) groups is 1. The van der Waals surface area contributed by atoms with Gasteiger partial charge in [0.1, 0.15) is 5.75 Å². The summed E-state index contributed by atoms with van der Waals surface area (Å²) < 4.78 is 5.77. The van der Waals surface area contributed by atoms with E-state index >= 15 is 0 Å². The Kier molecular flexibility index (Phi) is 5.96. The summed E-state index contributed by atoms with van der Waals surface area (Å²) in [5.74, 6) is 2.66. The Morgan fingerprint density at radius 3 is 2.90 bits per heavy atom. The molecule has 0 heterocycles. The minimum absolute atomic E-state index is 0.0642. The van der Waals surface area contributed by atoms with Gasteiger partial charge in [-0.25, -0.2) is 0 Å². The van der Waals surface area contributed by atoms with Crippen molar-refractivity contribution in [1.82, 2.24) is 0 Å². The van der Waals surface area contributed by atoms with E-state index in [9.17, 15) is 4.79 Å². The number of thioether (sulfide) groups is 1. The third kappa shape index (κ3) is 4.55. The van der Waals surface area contributed by atoms with Gasteiger partial charge in [0.05, 0.1) is 12.2 Å². The van der Waals surface area contributed by atoms with E-state index in [0.717, 1.165) is 22.7 Å². The zero-order valence-corrected chi connectivity index (χ0v) is 13.2. The molecule has 1 saturated carbocycles. The largest absolute Gasteiger partial charge is 0.492 e. The van der Waals surface area contributed by atoms with Crippen LogP contribution in [0.4, 0.5) is 0 Å². The molecule has 0 N–H and O–H groups in total. The van der Waals surface area contributed by atoms with Gasteiger partial charge < -0.3 is 4.74 Å². The number of ether oxygens (including phenoxy) is 1. The maximum absolute atomic E-state index is 11.5. The van der Waals surface area contributed by atoms with Crippen molar-refractivity contribution in [2.24, 2.45) is 5.92 Å². The highest BCUT2D eigenvalue weighted by molar-refractivity contribution is 7.99. The SMILES string of the molecule is CC(=O)c1ccccc1OCCSC1CCCC(C)C1. The van der Waals surface area contributed by atoms with Crippen LogP contribution in [0.25, 0.3) is 0 Å². The van der Waals surface area contributed by atoms with Crippen molar-refractivity contribution in [3.8, 4) is 5.75 Å². The molecule has 1 aromatic carbocycles. The summed E-state index contributed by atoms with van der Waals surface area (Å²) in [7, 11) is 0. The summed E-state index contributed by atoms with van der Waals surface area (Å²) in [6.45, 7) is 4.62. The van der Waals surface area contributed by atoms with Crippen molar-refractivity contribution in [2.75, 3.05) is 12.4 Å². The molecule has 1 aliphatic carbocycles. The molecule has 3 heteroatoms. The second kappa shape index (κ2) is 7.72. The maximum Gasteiger partial charge on any atom is 0.163 e. The monoisotopic (exact) mass is 292 g/mol. The molecule has 0 bridgehead atoms. The van der Waals surface area contributed by atoms with Gasteiger partial charge in [0.15, 0.2) is 5.78 Å². The third-order valence-electron chi connectivity index (χ3n) is 3.85. The zero-order valence-electron chi connectivity index (χ0n) is 12.4. The molecule has 2 rings (SSSR count). The molecule has 1 aliphatic rings. The van der Waals surface area contributed by atoms with Crippen molar-refractivity contribution in [2.45, 2.75) is 44.8 Å². The summed E-state index contributed by atoms with van der Waals surface area (Å²) in [5.41, 5.74) is 0.684. The van der Waals surface area contributed by atoms with Gasteiger partial charge in [-0.3, -0.25) is 4.79 Å². The summed E-state index contributed by atoms with van der Waals surface area (Å²) in [5, 5.41) is 0.797. The van der Waals surface area contributed by atoms with Gasteiger partial charge in [0.2, 0.25) is 0 Å². The second-order valence-corrected chi connectivity index (χ2v) is 7.07. The van der Waals surface area contributed by atoms with E-state index in [1.807, 2.05) is 36.0 Å². The lowest BCUT2D eigenvalue weighted by molar-refractivity contribution is 0.101. The van der Waals surface area contributed by atoms with Crippen molar-refractivity contribution in [3.63, 3.8) is 0 Å². The fraction of sp³-hybridized carbons (Fsp3) is 0.588. The minimum Gasteiger partial charge on any atom is -0.492 e. The highest BCUT2D eigenvalue weighted by Crippen LogP contribution is 2.31. The van der Waals surface area contributed by atoms with Crippen LogP contribution in [-0.4, -0.2) is 23.4 Å². The van der Waals surface area contributed by atoms with Crippen LogP contribution >= 0.6 is 11.8 Å². The van der Waals surface area contributed by atoms with E-state index in [1.165, 1.54) is 25.7 Å². The molecule has 2 atom stereocenters. The Labute approximate surface area is 126 Å². The number of Topliss-reactive ketones (excluding diaryl/α,β-unsaturated/α-hetero) is 1. The minimum atomic E-state index is 0.0642. The zero-order chi connectivity index (χ0) is 14.4. The Morgan fingerprint density at radius 1 is 1.35 bits per heavy atom. The van der Waals surface area contributed by atoms with E-state index < -0.39 is 0 Å². The van der Waals surface area contributed by atoms with Gasteiger partial charge in [0.25, 0.3) is 0 Å². The summed E-state index contributed by atoms with van der Waals surface area (Å²) in [6.07, 6.45) is 5.44. The van der Waals surface area contributed by atoms with Crippen LogP contribution in [0.3, 0.4) is 0 Å². The predicted molar refractivity (Wildman–Crippen MR) is 85.8 cm³/mol. The van der Waals surface area contributed by atoms with Crippen molar-refractivity contribution >= 4 is 17.5 Å². The van der Waals surface area contributed by atoms with Crippen LogP contribution < -0.4 is 4.74 Å². The smallest absolute Gasteiger partial charge is 0.163 e. The highest BCUT2D eigenvalue weighted by atomic mass is 32.2. The van der Waals surface area contributed by atoms with Gasteiger partial charge in [-0.05, 0) is 37.8 Å². The molecule has 0 aliphatic heterocycles. The Balaban J connectivity index is 1.74. The summed E-state index contributed by atoms with van der Waals surface area (Å²) in [6, 6.07) is 7.50. The lowest BCUT2D eigenvalue weighted by Gasteiger charge is -2.26. The van der Waals surface area contributed by atoms with Gasteiger partial charge in [-0.2, -0.15) is 11.8 Å². The van der Waals surface area contributed by atoms with Crippen LogP contribution in [0.2, 0.25) is 0 Å². The second-order valence-electron chi connectivity index (χ2n) is 5.67. The molecule has 0 saturated heterocycles. The van der Waals surface area contributed by atoms with Crippen LogP contribution in [0, 0.1) is 5.92 Å². The average molecular weight is 292 g/mol. The predicted octanol–water partition coefficient (Wildman–Crippen LogP) is 4.58. The first-order valence-corrected chi connectivity index (χ1v) is 8.56. The number of para-hydroxylation sites is 1. The van der Waals surface area contributed by atoms with Crippen LogP contribution in [0.15, 0.2) is 24.3 Å². The number of benzene rings is 1. The molecule has 0 spiro atoms. The Hall–Kier alpha value is -0.960. The number of hydrogen-bond donors (Lipinski definition) is 0. The molecule has 0 aromatic heterocycles. The molecular weight excluding hydrogens is 268 g/mol. The van der Waals surface area contributed by atoms with Crippen LogP contribution in [0.5, 0.6) is 5.75 Å². The molecule has 2 nitrogen and oxygen atoms in total. The summed E-state index contributed by atoms with van der Waals surface area (Å²) in [4.78, 5) is 11.5. The average Bonchev–Trinajstić information content (AvgIpc) is 2.44. The van der Waals surface area contributed by atoms with E-state index in [2.05, 4.69) is 6.92 Å². The van der Waals surface area contributed by atoms with E-state index in [-0.39, 0.29) is 5.78 Å². The fourth-order valence-electron chi connectivity index (χ4n) is 2.78. The molecule has 110 valence electrons. The van der Waals surface area contributed by atoms with Crippen LogP contribution in [0.1, 0.15) is 49.9 Å². The normalized spacial score (nSPS) is 22.5. The van der Waals surface area contributed by atoms with Gasteiger partial charge in [0, 0.05) is 11.0 Å². The lowest BCUT2D eigenvalue weighted by Crippen LogP contribution is -2.16. The number of rotatable bonds is 6. The van der Waals surface area contributed by atoms with Gasteiger partial charge >= 0.3 is 0 Å².